The largest absolute Gasteiger partial charge is 0.383 e. The zero-order chi connectivity index (χ0) is 16.4. The van der Waals surface area contributed by atoms with Crippen molar-refractivity contribution in [2.75, 3.05) is 5.73 Å². The summed E-state index contributed by atoms with van der Waals surface area (Å²) in [4.78, 5) is 0. The summed E-state index contributed by atoms with van der Waals surface area (Å²) < 4.78 is 1.81. The van der Waals surface area contributed by atoms with Crippen LogP contribution < -0.4 is 5.73 Å². The van der Waals surface area contributed by atoms with Crippen molar-refractivity contribution in [3.8, 4) is 0 Å². The number of hydrogen-bond acceptors (Lipinski definition) is 2. The number of halogens is 1. The van der Waals surface area contributed by atoms with Crippen LogP contribution in [0, 0.1) is 0 Å². The zero-order valence-corrected chi connectivity index (χ0v) is 14.0. The Labute approximate surface area is 141 Å². The number of nitrogens with zero attached hydrogens (tertiary/aromatic N) is 2. The van der Waals surface area contributed by atoms with Gasteiger partial charge in [-0.25, -0.2) is 4.68 Å². The molecule has 0 aliphatic rings. The highest BCUT2D eigenvalue weighted by Gasteiger charge is 2.23. The fraction of sp³-hybridized carbons (Fsp3) is 0.211. The van der Waals surface area contributed by atoms with E-state index < -0.39 is 0 Å². The highest BCUT2D eigenvalue weighted by Crippen LogP contribution is 2.35. The predicted octanol–water partition coefficient (Wildman–Crippen LogP) is 4.88. The van der Waals surface area contributed by atoms with Crippen LogP contribution in [0.1, 0.15) is 42.6 Å². The lowest BCUT2D eigenvalue weighted by molar-refractivity contribution is 0.562. The molecule has 1 heterocycles. The Morgan fingerprint density at radius 3 is 2.00 bits per heavy atom. The van der Waals surface area contributed by atoms with Crippen molar-refractivity contribution in [1.82, 2.24) is 9.78 Å². The molecule has 2 aromatic carbocycles. The first kappa shape index (κ1) is 15.6. The van der Waals surface area contributed by atoms with E-state index >= 15 is 0 Å². The van der Waals surface area contributed by atoms with Crippen LogP contribution in [-0.2, 0) is 0 Å². The summed E-state index contributed by atoms with van der Waals surface area (Å²) in [5, 5.41) is 5.27. The maximum atomic E-state index is 6.48. The fourth-order valence-corrected chi connectivity index (χ4v) is 3.08. The second-order valence-electron chi connectivity index (χ2n) is 5.75. The molecule has 0 fully saturated rings. The van der Waals surface area contributed by atoms with Crippen LogP contribution >= 0.6 is 11.6 Å². The average molecular weight is 326 g/mol. The first-order valence-electron chi connectivity index (χ1n) is 7.73. The maximum Gasteiger partial charge on any atom is 0.141 e. The van der Waals surface area contributed by atoms with E-state index in [1.54, 1.807) is 0 Å². The van der Waals surface area contributed by atoms with E-state index in [-0.39, 0.29) is 12.0 Å². The normalized spacial score (nSPS) is 13.7. The van der Waals surface area contributed by atoms with Gasteiger partial charge in [0.2, 0.25) is 0 Å². The monoisotopic (exact) mass is 325 g/mol. The third kappa shape index (κ3) is 2.97. The van der Waals surface area contributed by atoms with Gasteiger partial charge in [-0.05, 0) is 18.1 Å². The van der Waals surface area contributed by atoms with E-state index in [4.69, 9.17) is 22.4 Å². The van der Waals surface area contributed by atoms with Crippen molar-refractivity contribution in [2.24, 2.45) is 0 Å². The second kappa shape index (κ2) is 6.47. The molecular weight excluding hydrogens is 306 g/mol. The molecule has 1 aromatic heterocycles. The number of nitrogen functional groups attached to an aromatic ring is 1. The number of nitrogens with two attached hydrogens (primary N) is 1. The molecule has 0 aliphatic carbocycles. The highest BCUT2D eigenvalue weighted by atomic mass is 35.5. The fourth-order valence-electron chi connectivity index (χ4n) is 2.79. The van der Waals surface area contributed by atoms with Crippen LogP contribution in [0.25, 0.3) is 0 Å². The van der Waals surface area contributed by atoms with Crippen molar-refractivity contribution in [3.05, 3.63) is 82.5 Å². The standard InChI is InChI=1S/C19H20ClN3/c1-13(15-9-5-3-6-10-15)18-17(20)19(21)23(22-18)14(2)16-11-7-4-8-12-16/h3-14H,21H2,1-2H3. The highest BCUT2D eigenvalue weighted by molar-refractivity contribution is 6.33. The Morgan fingerprint density at radius 1 is 0.913 bits per heavy atom. The van der Waals surface area contributed by atoms with Gasteiger partial charge >= 0.3 is 0 Å². The lowest BCUT2D eigenvalue weighted by Crippen LogP contribution is -2.12. The van der Waals surface area contributed by atoms with E-state index in [1.165, 1.54) is 5.56 Å². The zero-order valence-electron chi connectivity index (χ0n) is 13.3. The van der Waals surface area contributed by atoms with E-state index in [9.17, 15) is 0 Å². The summed E-state index contributed by atoms with van der Waals surface area (Å²) in [6.07, 6.45) is 0. The molecule has 0 saturated heterocycles. The van der Waals surface area contributed by atoms with Crippen molar-refractivity contribution in [3.63, 3.8) is 0 Å². The molecule has 3 rings (SSSR count). The Kier molecular flexibility index (Phi) is 4.39. The number of benzene rings is 2. The molecule has 118 valence electrons. The third-order valence-corrected chi connectivity index (χ3v) is 4.66. The minimum absolute atomic E-state index is 0.0328. The lowest BCUT2D eigenvalue weighted by atomic mass is 9.98. The summed E-state index contributed by atoms with van der Waals surface area (Å²) in [5.74, 6) is 0.607. The number of anilines is 1. The minimum Gasteiger partial charge on any atom is -0.383 e. The van der Waals surface area contributed by atoms with Crippen molar-refractivity contribution in [2.45, 2.75) is 25.8 Å². The molecule has 4 heteroatoms. The molecule has 2 N–H and O–H groups in total. The van der Waals surface area contributed by atoms with E-state index in [2.05, 4.69) is 38.1 Å². The number of hydrogen-bond donors (Lipinski definition) is 1. The first-order chi connectivity index (χ1) is 11.1. The first-order valence-corrected chi connectivity index (χ1v) is 8.10. The van der Waals surface area contributed by atoms with Gasteiger partial charge in [0, 0.05) is 5.92 Å². The van der Waals surface area contributed by atoms with Gasteiger partial charge in [0.1, 0.15) is 10.8 Å². The molecule has 0 aliphatic heterocycles. The van der Waals surface area contributed by atoms with E-state index in [1.807, 2.05) is 41.1 Å². The molecule has 2 unspecified atom stereocenters. The quantitative estimate of drug-likeness (QED) is 0.743. The lowest BCUT2D eigenvalue weighted by Gasteiger charge is -2.14. The Morgan fingerprint density at radius 2 is 1.43 bits per heavy atom. The predicted molar refractivity (Wildman–Crippen MR) is 95.9 cm³/mol. The summed E-state index contributed by atoms with van der Waals surface area (Å²) in [5.41, 5.74) is 9.37. The minimum atomic E-state index is 0.0328. The maximum absolute atomic E-state index is 6.48. The van der Waals surface area contributed by atoms with Crippen molar-refractivity contribution >= 4 is 17.4 Å². The van der Waals surface area contributed by atoms with Gasteiger partial charge in [0.15, 0.2) is 0 Å². The molecule has 0 amide bonds. The summed E-state index contributed by atoms with van der Waals surface area (Å²) >= 11 is 6.48. The van der Waals surface area contributed by atoms with Gasteiger partial charge in [-0.1, -0.05) is 79.2 Å². The molecule has 2 atom stereocenters. The van der Waals surface area contributed by atoms with Gasteiger partial charge in [-0.2, -0.15) is 5.10 Å². The smallest absolute Gasteiger partial charge is 0.141 e. The van der Waals surface area contributed by atoms with Crippen LogP contribution in [0.2, 0.25) is 5.02 Å². The SMILES string of the molecule is CC(c1ccccc1)c1nn(C(C)c2ccccc2)c(N)c1Cl. The van der Waals surface area contributed by atoms with Crippen molar-refractivity contribution < 1.29 is 0 Å². The number of rotatable bonds is 4. The summed E-state index contributed by atoms with van der Waals surface area (Å²) in [6.45, 7) is 4.17. The van der Waals surface area contributed by atoms with E-state index in [0.717, 1.165) is 11.3 Å². The Hall–Kier alpha value is -2.26. The molecule has 0 saturated carbocycles. The third-order valence-electron chi connectivity index (χ3n) is 4.27. The van der Waals surface area contributed by atoms with Crippen LogP contribution in [-0.4, -0.2) is 9.78 Å². The van der Waals surface area contributed by atoms with Gasteiger partial charge in [-0.15, -0.1) is 0 Å². The Bertz CT molecular complexity index is 715. The van der Waals surface area contributed by atoms with Crippen LogP contribution in [0.5, 0.6) is 0 Å². The average Bonchev–Trinajstić information content (AvgIpc) is 2.91. The van der Waals surface area contributed by atoms with Gasteiger partial charge < -0.3 is 5.73 Å². The van der Waals surface area contributed by atoms with E-state index in [0.29, 0.717) is 10.8 Å². The van der Waals surface area contributed by atoms with Crippen molar-refractivity contribution in [1.29, 1.82) is 0 Å². The summed E-state index contributed by atoms with van der Waals surface area (Å²) in [6, 6.07) is 20.4. The molecule has 3 aromatic rings. The van der Waals surface area contributed by atoms with Gasteiger partial charge in [-0.3, -0.25) is 0 Å². The van der Waals surface area contributed by atoms with Crippen LogP contribution in [0.15, 0.2) is 60.7 Å². The molecule has 0 bridgehead atoms. The topological polar surface area (TPSA) is 43.8 Å². The molecule has 3 nitrogen and oxygen atoms in total. The number of aromatic nitrogens is 2. The second-order valence-corrected chi connectivity index (χ2v) is 6.13. The van der Waals surface area contributed by atoms with Crippen LogP contribution in [0.4, 0.5) is 5.82 Å². The molecule has 0 spiro atoms. The molecule has 0 radical (unpaired) electrons. The molecular formula is C19H20ClN3. The Balaban J connectivity index is 1.99. The molecule has 23 heavy (non-hydrogen) atoms. The van der Waals surface area contributed by atoms with Gasteiger partial charge in [0.05, 0.1) is 11.7 Å². The van der Waals surface area contributed by atoms with Crippen LogP contribution in [0.3, 0.4) is 0 Å². The van der Waals surface area contributed by atoms with Gasteiger partial charge in [0.25, 0.3) is 0 Å². The summed E-state index contributed by atoms with van der Waals surface area (Å²) in [7, 11) is 0.